The molecule has 0 aliphatic carbocycles. The van der Waals surface area contributed by atoms with Crippen LogP contribution in [-0.2, 0) is 16.1 Å². The summed E-state index contributed by atoms with van der Waals surface area (Å²) in [6.45, 7) is 7.95. The van der Waals surface area contributed by atoms with E-state index in [1.54, 1.807) is 0 Å². The van der Waals surface area contributed by atoms with E-state index >= 15 is 0 Å². The summed E-state index contributed by atoms with van der Waals surface area (Å²) in [5.74, 6) is -0.478. The van der Waals surface area contributed by atoms with Gasteiger partial charge >= 0.3 is 0 Å². The first-order chi connectivity index (χ1) is 16.5. The predicted octanol–water partition coefficient (Wildman–Crippen LogP) is 4.41. The highest BCUT2D eigenvalue weighted by atomic mass is 16.2. The number of imide groups is 1. The van der Waals surface area contributed by atoms with Crippen molar-refractivity contribution < 1.29 is 9.59 Å². The second-order valence-corrected chi connectivity index (χ2v) is 9.13. The molecule has 2 aliphatic rings. The molecule has 0 radical (unpaired) electrons. The van der Waals surface area contributed by atoms with Crippen LogP contribution >= 0.6 is 0 Å². The predicted molar refractivity (Wildman–Crippen MR) is 135 cm³/mol. The standard InChI is InChI=1S/C29H29N3O2/c1-21-17-22(2)19-25(18-21)32-28(33)26(24-11-7-4-8-12-24)27(29(32)34)31-15-13-30(14-16-31)20-23-9-5-3-6-10-23/h3-12,17-19H,13-16,20H2,1-2H3. The summed E-state index contributed by atoms with van der Waals surface area (Å²) < 4.78 is 0. The average Bonchev–Trinajstić information content (AvgIpc) is 3.10. The molecule has 3 aromatic carbocycles. The van der Waals surface area contributed by atoms with Crippen molar-refractivity contribution in [2.75, 3.05) is 31.1 Å². The maximum atomic E-state index is 13.8. The number of aryl methyl sites for hydroxylation is 2. The van der Waals surface area contributed by atoms with Crippen molar-refractivity contribution in [3.63, 3.8) is 0 Å². The fourth-order valence-electron chi connectivity index (χ4n) is 4.96. The minimum atomic E-state index is -0.247. The van der Waals surface area contributed by atoms with E-state index < -0.39 is 0 Å². The van der Waals surface area contributed by atoms with Gasteiger partial charge in [0.25, 0.3) is 11.8 Å². The Balaban J connectivity index is 1.45. The highest BCUT2D eigenvalue weighted by molar-refractivity contribution is 6.45. The molecule has 1 saturated heterocycles. The van der Waals surface area contributed by atoms with Crippen LogP contribution in [0.1, 0.15) is 22.3 Å². The Morgan fingerprint density at radius 3 is 1.91 bits per heavy atom. The summed E-state index contributed by atoms with van der Waals surface area (Å²) >= 11 is 0. The molecule has 0 N–H and O–H groups in total. The second-order valence-electron chi connectivity index (χ2n) is 9.13. The fraction of sp³-hybridized carbons (Fsp3) is 0.241. The molecule has 172 valence electrons. The number of piperazine rings is 1. The summed E-state index contributed by atoms with van der Waals surface area (Å²) in [5, 5.41) is 0. The number of nitrogens with zero attached hydrogens (tertiary/aromatic N) is 3. The van der Waals surface area contributed by atoms with Crippen LogP contribution in [-0.4, -0.2) is 47.8 Å². The number of hydrogen-bond acceptors (Lipinski definition) is 4. The summed E-state index contributed by atoms with van der Waals surface area (Å²) in [7, 11) is 0. The third kappa shape index (κ3) is 4.27. The van der Waals surface area contributed by atoms with Crippen molar-refractivity contribution >= 4 is 23.1 Å². The van der Waals surface area contributed by atoms with E-state index in [0.717, 1.165) is 36.3 Å². The Hall–Kier alpha value is -3.70. The first-order valence-electron chi connectivity index (χ1n) is 11.8. The van der Waals surface area contributed by atoms with Gasteiger partial charge in [-0.1, -0.05) is 66.7 Å². The van der Waals surface area contributed by atoms with E-state index in [1.165, 1.54) is 10.5 Å². The van der Waals surface area contributed by atoms with E-state index in [9.17, 15) is 9.59 Å². The normalized spacial score (nSPS) is 17.1. The maximum Gasteiger partial charge on any atom is 0.282 e. The second kappa shape index (κ2) is 9.27. The molecule has 5 nitrogen and oxygen atoms in total. The lowest BCUT2D eigenvalue weighted by molar-refractivity contribution is -0.120. The summed E-state index contributed by atoms with van der Waals surface area (Å²) in [4.78, 5) is 33.4. The molecular weight excluding hydrogens is 422 g/mol. The molecule has 5 rings (SSSR count). The van der Waals surface area contributed by atoms with Gasteiger partial charge in [0.1, 0.15) is 5.70 Å². The highest BCUT2D eigenvalue weighted by Crippen LogP contribution is 2.35. The maximum absolute atomic E-state index is 13.8. The molecule has 2 aliphatic heterocycles. The van der Waals surface area contributed by atoms with Gasteiger partial charge in [0, 0.05) is 32.7 Å². The van der Waals surface area contributed by atoms with E-state index in [0.29, 0.717) is 30.0 Å². The van der Waals surface area contributed by atoms with Gasteiger partial charge in [0.05, 0.1) is 11.3 Å². The van der Waals surface area contributed by atoms with Crippen molar-refractivity contribution in [2.24, 2.45) is 0 Å². The Kier molecular flexibility index (Phi) is 6.03. The van der Waals surface area contributed by atoms with Crippen LogP contribution in [0.4, 0.5) is 5.69 Å². The minimum Gasteiger partial charge on any atom is -0.364 e. The minimum absolute atomic E-state index is 0.231. The van der Waals surface area contributed by atoms with E-state index in [1.807, 2.05) is 68.4 Å². The van der Waals surface area contributed by atoms with Crippen LogP contribution in [0.25, 0.3) is 5.57 Å². The number of rotatable bonds is 5. The van der Waals surface area contributed by atoms with Crippen LogP contribution in [0, 0.1) is 13.8 Å². The van der Waals surface area contributed by atoms with Crippen molar-refractivity contribution in [3.05, 3.63) is 107 Å². The Morgan fingerprint density at radius 1 is 0.706 bits per heavy atom. The number of anilines is 1. The molecule has 1 fully saturated rings. The monoisotopic (exact) mass is 451 g/mol. The zero-order valence-electron chi connectivity index (χ0n) is 19.7. The zero-order chi connectivity index (χ0) is 23.7. The molecule has 5 heteroatoms. The first-order valence-corrected chi connectivity index (χ1v) is 11.8. The molecule has 0 aromatic heterocycles. The lowest BCUT2D eigenvalue weighted by Crippen LogP contribution is -2.47. The molecule has 0 bridgehead atoms. The van der Waals surface area contributed by atoms with Crippen LogP contribution in [0.5, 0.6) is 0 Å². The highest BCUT2D eigenvalue weighted by Gasteiger charge is 2.43. The van der Waals surface area contributed by atoms with Gasteiger partial charge in [-0.05, 0) is 48.2 Å². The Bertz CT molecular complexity index is 1220. The van der Waals surface area contributed by atoms with Crippen molar-refractivity contribution in [1.82, 2.24) is 9.80 Å². The van der Waals surface area contributed by atoms with Crippen molar-refractivity contribution in [2.45, 2.75) is 20.4 Å². The fourth-order valence-corrected chi connectivity index (χ4v) is 4.96. The summed E-state index contributed by atoms with van der Waals surface area (Å²) in [6, 6.07) is 25.9. The molecule has 0 unspecified atom stereocenters. The number of amides is 2. The number of carbonyl (C=O) groups is 2. The SMILES string of the molecule is Cc1cc(C)cc(N2C(=O)C(c3ccccc3)=C(N3CCN(Cc4ccccc4)CC3)C2=O)c1. The smallest absolute Gasteiger partial charge is 0.282 e. The quantitative estimate of drug-likeness (QED) is 0.539. The van der Waals surface area contributed by atoms with Gasteiger partial charge in [-0.3, -0.25) is 14.5 Å². The number of hydrogen-bond donors (Lipinski definition) is 0. The van der Waals surface area contributed by atoms with Gasteiger partial charge in [0.2, 0.25) is 0 Å². The van der Waals surface area contributed by atoms with Gasteiger partial charge in [-0.15, -0.1) is 0 Å². The van der Waals surface area contributed by atoms with Crippen LogP contribution in [0.3, 0.4) is 0 Å². The van der Waals surface area contributed by atoms with Crippen LogP contribution in [0.15, 0.2) is 84.6 Å². The van der Waals surface area contributed by atoms with Gasteiger partial charge in [-0.25, -0.2) is 4.90 Å². The lowest BCUT2D eigenvalue weighted by Gasteiger charge is -2.36. The summed E-state index contributed by atoms with van der Waals surface area (Å²) in [5.41, 5.74) is 5.79. The first kappa shape index (κ1) is 22.1. The third-order valence-electron chi connectivity index (χ3n) is 6.52. The zero-order valence-corrected chi connectivity index (χ0v) is 19.7. The molecule has 0 spiro atoms. The molecule has 34 heavy (non-hydrogen) atoms. The third-order valence-corrected chi connectivity index (χ3v) is 6.52. The van der Waals surface area contributed by atoms with Gasteiger partial charge < -0.3 is 4.90 Å². The lowest BCUT2D eigenvalue weighted by atomic mass is 10.0. The molecule has 2 heterocycles. The van der Waals surface area contributed by atoms with Crippen LogP contribution in [0.2, 0.25) is 0 Å². The van der Waals surface area contributed by atoms with Crippen LogP contribution < -0.4 is 4.90 Å². The Labute approximate surface area is 200 Å². The molecule has 2 amide bonds. The Morgan fingerprint density at radius 2 is 1.29 bits per heavy atom. The number of benzene rings is 3. The molecule has 0 atom stereocenters. The summed E-state index contributed by atoms with van der Waals surface area (Å²) in [6.07, 6.45) is 0. The number of carbonyl (C=O) groups excluding carboxylic acids is 2. The largest absolute Gasteiger partial charge is 0.364 e. The van der Waals surface area contributed by atoms with Gasteiger partial charge in [-0.2, -0.15) is 0 Å². The van der Waals surface area contributed by atoms with Gasteiger partial charge in [0.15, 0.2) is 0 Å². The van der Waals surface area contributed by atoms with E-state index in [-0.39, 0.29) is 11.8 Å². The van der Waals surface area contributed by atoms with Crippen molar-refractivity contribution in [3.8, 4) is 0 Å². The average molecular weight is 452 g/mol. The molecule has 3 aromatic rings. The molecular formula is C29H29N3O2. The van der Waals surface area contributed by atoms with Crippen molar-refractivity contribution in [1.29, 1.82) is 0 Å². The topological polar surface area (TPSA) is 43.9 Å². The van der Waals surface area contributed by atoms with E-state index in [4.69, 9.17) is 0 Å². The molecule has 0 saturated carbocycles. The van der Waals surface area contributed by atoms with E-state index in [2.05, 4.69) is 34.1 Å².